The van der Waals surface area contributed by atoms with Gasteiger partial charge in [0.25, 0.3) is 0 Å². The van der Waals surface area contributed by atoms with Gasteiger partial charge in [0.05, 0.1) is 11.7 Å². The first-order valence-electron chi connectivity index (χ1n) is 18.8. The molecule has 0 bridgehead atoms. The lowest BCUT2D eigenvalue weighted by atomic mass is 9.93. The first-order valence-corrected chi connectivity index (χ1v) is 18.8. The summed E-state index contributed by atoms with van der Waals surface area (Å²) in [5, 5.41) is 9.72. The quantitative estimate of drug-likeness (QED) is 0.173. The Morgan fingerprint density at radius 1 is 0.545 bits per heavy atom. The summed E-state index contributed by atoms with van der Waals surface area (Å²) < 4.78 is 6.53. The molecule has 0 saturated heterocycles. The van der Waals surface area contributed by atoms with Crippen molar-refractivity contribution in [2.75, 3.05) is 0 Å². The lowest BCUT2D eigenvalue weighted by Gasteiger charge is -2.26. The number of aliphatic imine (C=N–C) groups is 3. The van der Waals surface area contributed by atoms with Gasteiger partial charge in [-0.1, -0.05) is 146 Å². The first-order chi connectivity index (χ1) is 27.2. The van der Waals surface area contributed by atoms with Crippen molar-refractivity contribution in [3.8, 4) is 11.1 Å². The van der Waals surface area contributed by atoms with Gasteiger partial charge in [-0.15, -0.1) is 0 Å². The average Bonchev–Trinajstić information content (AvgIpc) is 3.64. The van der Waals surface area contributed by atoms with Crippen molar-refractivity contribution in [1.29, 1.82) is 0 Å². The second-order valence-electron chi connectivity index (χ2n) is 14.0. The molecule has 2 N–H and O–H groups in total. The van der Waals surface area contributed by atoms with Gasteiger partial charge in [-0.25, -0.2) is 15.0 Å². The van der Waals surface area contributed by atoms with Crippen LogP contribution in [0.25, 0.3) is 39.9 Å². The van der Waals surface area contributed by atoms with Gasteiger partial charge in [-0.3, -0.25) is 0 Å². The summed E-state index contributed by atoms with van der Waals surface area (Å²) in [5.74, 6) is 2.27. The second kappa shape index (κ2) is 14.1. The van der Waals surface area contributed by atoms with Crippen LogP contribution < -0.4 is 21.3 Å². The van der Waals surface area contributed by atoms with E-state index in [9.17, 15) is 0 Å². The second-order valence-corrected chi connectivity index (χ2v) is 14.0. The summed E-state index contributed by atoms with van der Waals surface area (Å²) in [4.78, 5) is 15.6. The van der Waals surface area contributed by atoms with Crippen molar-refractivity contribution in [2.45, 2.75) is 25.0 Å². The number of hydrogen-bond acceptors (Lipinski definition) is 6. The molecule has 2 unspecified atom stereocenters. The summed E-state index contributed by atoms with van der Waals surface area (Å²) in [7, 11) is 0. The topological polar surface area (TPSA) is 74.3 Å². The Hall–Kier alpha value is -7.05. The summed E-state index contributed by atoms with van der Waals surface area (Å²) in [6.45, 7) is 0. The number of nitrogens with one attached hydrogen (secondary N) is 2. The first kappa shape index (κ1) is 32.6. The van der Waals surface area contributed by atoms with Crippen molar-refractivity contribution in [2.24, 2.45) is 15.0 Å². The Morgan fingerprint density at radius 2 is 1.18 bits per heavy atom. The summed E-state index contributed by atoms with van der Waals surface area (Å²) in [5.41, 5.74) is 11.0. The number of nitrogens with zero attached hydrogens (tertiary/aromatic N) is 3. The Balaban J connectivity index is 1.13. The Morgan fingerprint density at radius 3 is 1.95 bits per heavy atom. The maximum atomic E-state index is 6.53. The summed E-state index contributed by atoms with van der Waals surface area (Å²) >= 11 is 0. The maximum absolute atomic E-state index is 6.53. The van der Waals surface area contributed by atoms with Crippen molar-refractivity contribution in [1.82, 2.24) is 10.6 Å². The normalized spacial score (nSPS) is 17.6. The van der Waals surface area contributed by atoms with Crippen LogP contribution in [0.3, 0.4) is 0 Å². The fourth-order valence-corrected chi connectivity index (χ4v) is 7.67. The molecule has 55 heavy (non-hydrogen) atoms. The molecule has 1 aromatic heterocycles. The van der Waals surface area contributed by atoms with Gasteiger partial charge < -0.3 is 15.1 Å². The molecule has 0 fully saturated rings. The van der Waals surface area contributed by atoms with Crippen LogP contribution in [0.2, 0.25) is 0 Å². The lowest BCUT2D eigenvalue weighted by molar-refractivity contribution is 0.570. The highest BCUT2D eigenvalue weighted by molar-refractivity contribution is 6.13. The maximum Gasteiger partial charge on any atom is 0.159 e. The van der Waals surface area contributed by atoms with E-state index in [-0.39, 0.29) is 6.04 Å². The highest BCUT2D eigenvalue weighted by atomic mass is 16.3. The van der Waals surface area contributed by atoms with E-state index in [4.69, 9.17) is 19.4 Å². The molecule has 7 aromatic rings. The van der Waals surface area contributed by atoms with E-state index < -0.39 is 6.17 Å². The SMILES string of the molecule is C1=C(c2ccccc2)N=C(c2cccc(-c3cc4c5c(oc4cc3C3N=C(c4ccccc4)N=C(c4ccccc4)N3)=CCCC=5)c2)NC1c1ccccc1. The van der Waals surface area contributed by atoms with Gasteiger partial charge in [0, 0.05) is 32.9 Å². The summed E-state index contributed by atoms with van der Waals surface area (Å²) in [6.07, 6.45) is 8.23. The van der Waals surface area contributed by atoms with Crippen molar-refractivity contribution in [3.05, 3.63) is 208 Å². The molecule has 10 rings (SSSR count). The molecule has 0 spiro atoms. The smallest absolute Gasteiger partial charge is 0.159 e. The van der Waals surface area contributed by atoms with E-state index in [0.29, 0.717) is 5.84 Å². The van der Waals surface area contributed by atoms with Gasteiger partial charge in [0.15, 0.2) is 5.84 Å². The van der Waals surface area contributed by atoms with E-state index in [2.05, 4.69) is 144 Å². The van der Waals surface area contributed by atoms with E-state index in [1.165, 1.54) is 5.56 Å². The van der Waals surface area contributed by atoms with Crippen LogP contribution in [0, 0.1) is 0 Å². The number of hydrogen-bond donors (Lipinski definition) is 2. The standard InChI is InChI=1S/C49H37N5O/c1-5-16-32(17-6-1)42-31-43(33-18-7-2-8-19-33)51-48(50-42)37-25-15-24-36(28-37)39-29-40-38-26-13-14-27-44(38)55-45(40)30-41(39)49-53-46(34-20-9-3-10-21-34)52-47(54-49)35-22-11-4-12-23-35/h1-12,15-31,42,49H,13-14H2,(H,50,51)(H,52,53,54). The predicted octanol–water partition coefficient (Wildman–Crippen LogP) is 9.08. The van der Waals surface area contributed by atoms with Crippen molar-refractivity contribution < 1.29 is 4.42 Å². The third kappa shape index (κ3) is 6.38. The molecular weight excluding hydrogens is 675 g/mol. The van der Waals surface area contributed by atoms with Crippen molar-refractivity contribution in [3.63, 3.8) is 0 Å². The molecule has 6 nitrogen and oxygen atoms in total. The van der Waals surface area contributed by atoms with Crippen LogP contribution in [0.5, 0.6) is 0 Å². The molecule has 2 atom stereocenters. The average molecular weight is 712 g/mol. The van der Waals surface area contributed by atoms with Gasteiger partial charge >= 0.3 is 0 Å². The zero-order valence-corrected chi connectivity index (χ0v) is 30.1. The third-order valence-electron chi connectivity index (χ3n) is 10.4. The number of amidine groups is 3. The highest BCUT2D eigenvalue weighted by Gasteiger charge is 2.26. The molecule has 6 aromatic carbocycles. The lowest BCUT2D eigenvalue weighted by Crippen LogP contribution is -2.33. The molecule has 264 valence electrons. The molecule has 3 heterocycles. The van der Waals surface area contributed by atoms with Crippen LogP contribution in [-0.2, 0) is 0 Å². The van der Waals surface area contributed by atoms with Gasteiger partial charge in [-0.05, 0) is 65.4 Å². The molecule has 3 aliphatic rings. The van der Waals surface area contributed by atoms with E-state index in [1.807, 2.05) is 42.5 Å². The van der Waals surface area contributed by atoms with Gasteiger partial charge in [0.2, 0.25) is 0 Å². The van der Waals surface area contributed by atoms with Crippen LogP contribution in [0.1, 0.15) is 58.4 Å². The van der Waals surface area contributed by atoms with Crippen molar-refractivity contribution >= 4 is 46.3 Å². The van der Waals surface area contributed by atoms with E-state index in [1.54, 1.807) is 0 Å². The molecule has 2 aliphatic heterocycles. The molecule has 6 heteroatoms. The van der Waals surface area contributed by atoms with Gasteiger partial charge in [0.1, 0.15) is 28.8 Å². The zero-order valence-electron chi connectivity index (χ0n) is 30.1. The minimum atomic E-state index is -0.443. The van der Waals surface area contributed by atoms with E-state index >= 15 is 0 Å². The minimum Gasteiger partial charge on any atom is -0.456 e. The molecule has 0 amide bonds. The zero-order chi connectivity index (χ0) is 36.6. The molecular formula is C49H37N5O. The molecule has 0 saturated carbocycles. The monoisotopic (exact) mass is 711 g/mol. The highest BCUT2D eigenvalue weighted by Crippen LogP contribution is 2.36. The number of furan rings is 1. The Kier molecular flexibility index (Phi) is 8.33. The minimum absolute atomic E-state index is 0.0448. The molecule has 1 aliphatic carbocycles. The number of rotatable bonds is 7. The van der Waals surface area contributed by atoms with Crippen LogP contribution in [-0.4, -0.2) is 17.5 Å². The predicted molar refractivity (Wildman–Crippen MR) is 224 cm³/mol. The Bertz CT molecular complexity index is 2800. The number of fused-ring (bicyclic) bond motifs is 3. The van der Waals surface area contributed by atoms with Crippen LogP contribution in [0.4, 0.5) is 0 Å². The molecule has 0 radical (unpaired) electrons. The van der Waals surface area contributed by atoms with E-state index in [0.717, 1.165) is 90.8 Å². The fraction of sp³-hybridized carbons (Fsp3) is 0.0816. The largest absolute Gasteiger partial charge is 0.456 e. The van der Waals surface area contributed by atoms with Crippen LogP contribution in [0.15, 0.2) is 183 Å². The van der Waals surface area contributed by atoms with Crippen LogP contribution >= 0.6 is 0 Å². The number of benzene rings is 6. The third-order valence-corrected chi connectivity index (χ3v) is 10.4. The Labute approximate surface area is 319 Å². The fourth-order valence-electron chi connectivity index (χ4n) is 7.67. The van der Waals surface area contributed by atoms with Gasteiger partial charge in [-0.2, -0.15) is 0 Å². The summed E-state index contributed by atoms with van der Waals surface area (Å²) in [6, 6.07) is 54.5.